The van der Waals surface area contributed by atoms with E-state index in [1.165, 1.54) is 0 Å². The summed E-state index contributed by atoms with van der Waals surface area (Å²) in [5.74, 6) is 2.19. The summed E-state index contributed by atoms with van der Waals surface area (Å²) in [5, 5.41) is 11.4. The van der Waals surface area contributed by atoms with Gasteiger partial charge in [0.15, 0.2) is 17.3 Å². The lowest BCUT2D eigenvalue weighted by molar-refractivity contribution is 0.286. The number of hydrogen-bond acceptors (Lipinski definition) is 5. The van der Waals surface area contributed by atoms with Crippen molar-refractivity contribution in [2.24, 2.45) is 5.10 Å². The Labute approximate surface area is 155 Å². The van der Waals surface area contributed by atoms with Crippen LogP contribution in [0.2, 0.25) is 0 Å². The maximum Gasteiger partial charge on any atom is 0.216 e. The molecule has 2 aromatic rings. The van der Waals surface area contributed by atoms with Crippen LogP contribution in [0.15, 0.2) is 21.7 Å². The number of aromatic amines is 1. The van der Waals surface area contributed by atoms with E-state index < -0.39 is 0 Å². The fourth-order valence-corrected chi connectivity index (χ4v) is 2.94. The summed E-state index contributed by atoms with van der Waals surface area (Å²) in [4.78, 5) is 0. The second kappa shape index (κ2) is 8.98. The molecular weight excluding hydrogens is 392 g/mol. The molecule has 0 bridgehead atoms. The average Bonchev–Trinajstić information content (AvgIpc) is 2.89. The zero-order chi connectivity index (χ0) is 17.5. The molecule has 24 heavy (non-hydrogen) atoms. The number of halogens is 1. The molecule has 0 aliphatic rings. The number of hydrogen-bond donors (Lipinski definition) is 1. The number of H-pyrrole nitrogens is 1. The number of rotatable bonds is 8. The Balaban J connectivity index is 2.36. The molecule has 0 spiro atoms. The second-order valence-corrected chi connectivity index (χ2v) is 6.19. The van der Waals surface area contributed by atoms with Gasteiger partial charge in [-0.05, 0) is 66.1 Å². The molecule has 0 radical (unpaired) electrons. The van der Waals surface area contributed by atoms with E-state index in [-0.39, 0.29) is 0 Å². The zero-order valence-corrected chi connectivity index (χ0v) is 16.4. The van der Waals surface area contributed by atoms with Gasteiger partial charge in [-0.1, -0.05) is 6.92 Å². The van der Waals surface area contributed by atoms with Crippen molar-refractivity contribution in [3.63, 3.8) is 0 Å². The first-order valence-electron chi connectivity index (χ1n) is 7.90. The first-order chi connectivity index (χ1) is 11.6. The highest BCUT2D eigenvalue weighted by Crippen LogP contribution is 2.36. The van der Waals surface area contributed by atoms with Gasteiger partial charge in [-0.15, -0.1) is 0 Å². The fraction of sp³-hybridized carbons (Fsp3) is 0.438. The van der Waals surface area contributed by atoms with Crippen LogP contribution in [0.25, 0.3) is 0 Å². The number of aryl methyl sites for hydroxylation is 1. The minimum absolute atomic E-state index is 0.477. The number of nitrogens with one attached hydrogen (secondary N) is 1. The molecule has 1 aromatic heterocycles. The molecule has 0 saturated carbocycles. The molecule has 0 aliphatic heterocycles. The highest BCUT2D eigenvalue weighted by molar-refractivity contribution is 9.10. The highest BCUT2D eigenvalue weighted by atomic mass is 79.9. The molecule has 2 rings (SSSR count). The molecule has 1 heterocycles. The van der Waals surface area contributed by atoms with Gasteiger partial charge in [-0.3, -0.25) is 5.10 Å². The first kappa shape index (κ1) is 18.7. The molecule has 6 nitrogen and oxygen atoms in total. The van der Waals surface area contributed by atoms with Crippen molar-refractivity contribution < 1.29 is 9.47 Å². The highest BCUT2D eigenvalue weighted by Gasteiger charge is 2.11. The van der Waals surface area contributed by atoms with Crippen LogP contribution in [0.3, 0.4) is 0 Å². The summed E-state index contributed by atoms with van der Waals surface area (Å²) < 4.78 is 14.3. The van der Waals surface area contributed by atoms with Crippen LogP contribution in [0.5, 0.6) is 11.5 Å². The van der Waals surface area contributed by atoms with Crippen LogP contribution in [0.4, 0.5) is 0 Å². The minimum atomic E-state index is 0.477. The Bertz CT molecular complexity index is 770. The van der Waals surface area contributed by atoms with Gasteiger partial charge in [-0.25, -0.2) is 0 Å². The van der Waals surface area contributed by atoms with Gasteiger partial charge in [0, 0.05) is 6.42 Å². The third-order valence-corrected chi connectivity index (χ3v) is 3.99. The number of ether oxygens (including phenoxy) is 2. The van der Waals surface area contributed by atoms with E-state index in [0.717, 1.165) is 28.7 Å². The second-order valence-electron chi connectivity index (χ2n) is 4.95. The van der Waals surface area contributed by atoms with Gasteiger partial charge >= 0.3 is 0 Å². The minimum Gasteiger partial charge on any atom is -0.490 e. The summed E-state index contributed by atoms with van der Waals surface area (Å²) >= 11 is 8.76. The number of nitrogens with zero attached hydrogens (tertiary/aromatic N) is 3. The molecule has 0 atom stereocenters. The molecule has 1 aromatic carbocycles. The predicted molar refractivity (Wildman–Crippen MR) is 101 cm³/mol. The van der Waals surface area contributed by atoms with Gasteiger partial charge in [0.05, 0.1) is 23.9 Å². The Hall–Kier alpha value is -1.67. The molecule has 0 amide bonds. The van der Waals surface area contributed by atoms with E-state index >= 15 is 0 Å². The van der Waals surface area contributed by atoms with Gasteiger partial charge in [0.25, 0.3) is 0 Å². The van der Waals surface area contributed by atoms with Crippen LogP contribution in [-0.2, 0) is 6.42 Å². The predicted octanol–water partition coefficient (Wildman–Crippen LogP) is 4.34. The van der Waals surface area contributed by atoms with Crippen molar-refractivity contribution in [3.05, 3.63) is 32.8 Å². The van der Waals surface area contributed by atoms with Gasteiger partial charge < -0.3 is 9.47 Å². The molecule has 0 unspecified atom stereocenters. The average molecular weight is 413 g/mol. The van der Waals surface area contributed by atoms with Crippen molar-refractivity contribution in [3.8, 4) is 11.5 Å². The van der Waals surface area contributed by atoms with Crippen LogP contribution < -0.4 is 9.47 Å². The van der Waals surface area contributed by atoms with E-state index in [2.05, 4.69) is 38.2 Å². The quantitative estimate of drug-likeness (QED) is 0.517. The lowest BCUT2D eigenvalue weighted by Gasteiger charge is -2.13. The van der Waals surface area contributed by atoms with Crippen LogP contribution in [0, 0.1) is 4.77 Å². The largest absolute Gasteiger partial charge is 0.490 e. The van der Waals surface area contributed by atoms with Crippen molar-refractivity contribution >= 4 is 34.4 Å². The SMILES string of the molecule is CCCc1n[nH]c(=S)n1/N=C\c1cc(Br)c(OCC)c(OCC)c1. The summed E-state index contributed by atoms with van der Waals surface area (Å²) in [6.45, 7) is 7.08. The van der Waals surface area contributed by atoms with Crippen molar-refractivity contribution in [1.82, 2.24) is 14.9 Å². The third kappa shape index (κ3) is 4.45. The third-order valence-electron chi connectivity index (χ3n) is 3.13. The molecule has 1 N–H and O–H groups in total. The van der Waals surface area contributed by atoms with Crippen LogP contribution >= 0.6 is 28.1 Å². The molecular formula is C16H21BrN4O2S. The van der Waals surface area contributed by atoms with Gasteiger partial charge in [0.2, 0.25) is 4.77 Å². The lowest BCUT2D eigenvalue weighted by atomic mass is 10.2. The van der Waals surface area contributed by atoms with E-state index in [4.69, 9.17) is 21.7 Å². The van der Waals surface area contributed by atoms with Gasteiger partial charge in [0.1, 0.15) is 0 Å². The Morgan fingerprint density at radius 2 is 2.04 bits per heavy atom. The molecule has 0 fully saturated rings. The Morgan fingerprint density at radius 3 is 2.71 bits per heavy atom. The fourth-order valence-electron chi connectivity index (χ4n) is 2.16. The first-order valence-corrected chi connectivity index (χ1v) is 9.10. The maximum atomic E-state index is 5.67. The van der Waals surface area contributed by atoms with Crippen molar-refractivity contribution in [2.45, 2.75) is 33.6 Å². The number of benzene rings is 1. The summed E-state index contributed by atoms with van der Waals surface area (Å²) in [6, 6.07) is 3.83. The van der Waals surface area contributed by atoms with Crippen LogP contribution in [0.1, 0.15) is 38.6 Å². The maximum absolute atomic E-state index is 5.67. The van der Waals surface area contributed by atoms with Gasteiger partial charge in [-0.2, -0.15) is 14.9 Å². The summed E-state index contributed by atoms with van der Waals surface area (Å²) in [5.41, 5.74) is 0.874. The summed E-state index contributed by atoms with van der Waals surface area (Å²) in [6.07, 6.45) is 3.51. The smallest absolute Gasteiger partial charge is 0.216 e. The van der Waals surface area contributed by atoms with E-state index in [1.54, 1.807) is 10.9 Å². The van der Waals surface area contributed by atoms with E-state index in [9.17, 15) is 0 Å². The molecule has 8 heteroatoms. The number of aromatic nitrogens is 3. The van der Waals surface area contributed by atoms with Crippen LogP contribution in [-0.4, -0.2) is 34.3 Å². The van der Waals surface area contributed by atoms with Crippen molar-refractivity contribution in [1.29, 1.82) is 0 Å². The lowest BCUT2D eigenvalue weighted by Crippen LogP contribution is -2.01. The monoisotopic (exact) mass is 412 g/mol. The van der Waals surface area contributed by atoms with E-state index in [0.29, 0.717) is 29.5 Å². The topological polar surface area (TPSA) is 64.4 Å². The zero-order valence-electron chi connectivity index (χ0n) is 14.0. The molecule has 0 saturated heterocycles. The van der Waals surface area contributed by atoms with Crippen molar-refractivity contribution in [2.75, 3.05) is 13.2 Å². The normalized spacial score (nSPS) is 11.2. The molecule has 0 aliphatic carbocycles. The van der Waals surface area contributed by atoms with E-state index in [1.807, 2.05) is 26.0 Å². The summed E-state index contributed by atoms with van der Waals surface area (Å²) in [7, 11) is 0. The Kier molecular flexibility index (Phi) is 6.99. The molecule has 130 valence electrons. The Morgan fingerprint density at radius 1 is 1.29 bits per heavy atom. The standard InChI is InChI=1S/C16H21BrN4O2S/c1-4-7-14-19-20-16(24)21(14)18-10-11-8-12(17)15(23-6-3)13(9-11)22-5-2/h8-10H,4-7H2,1-3H3,(H,20,24)/b18-10-.